The molecule has 4 heteroatoms. The van der Waals surface area contributed by atoms with E-state index >= 15 is 0 Å². The number of phenolic OH excluding ortho intramolecular Hbond substituents is 1. The number of hydrogen-bond acceptors (Lipinski definition) is 2. The van der Waals surface area contributed by atoms with Gasteiger partial charge < -0.3 is 5.11 Å². The highest BCUT2D eigenvalue weighted by Gasteiger charge is 2.08. The van der Waals surface area contributed by atoms with E-state index in [-0.39, 0.29) is 0 Å². The van der Waals surface area contributed by atoms with Crippen molar-refractivity contribution in [1.29, 1.82) is 0 Å². The van der Waals surface area contributed by atoms with Crippen LogP contribution in [0.3, 0.4) is 0 Å². The Labute approximate surface area is 95.7 Å². The Kier molecular flexibility index (Phi) is 2.31. The van der Waals surface area contributed by atoms with Crippen molar-refractivity contribution >= 4 is 59.9 Å². The zero-order chi connectivity index (χ0) is 8.72. The zero-order valence-corrected chi connectivity index (χ0v) is 10.4. The maximum absolute atomic E-state index is 9.68. The van der Waals surface area contributed by atoms with Crippen molar-refractivity contribution in [3.05, 3.63) is 25.6 Å². The molecule has 0 radical (unpaired) electrons. The average molecular weight is 355 g/mol. The van der Waals surface area contributed by atoms with Crippen LogP contribution in [0.1, 0.15) is 0 Å². The molecule has 1 heterocycles. The molecule has 12 heavy (non-hydrogen) atoms. The third-order valence-corrected chi connectivity index (χ3v) is 4.48. The molecule has 2 rings (SSSR count). The molecule has 0 spiro atoms. The summed E-state index contributed by atoms with van der Waals surface area (Å²) in [6.45, 7) is 0. The lowest BCUT2D eigenvalue weighted by molar-refractivity contribution is 0.478. The van der Waals surface area contributed by atoms with Gasteiger partial charge in [-0.15, -0.1) is 11.3 Å². The van der Waals surface area contributed by atoms with E-state index in [4.69, 9.17) is 0 Å². The van der Waals surface area contributed by atoms with E-state index in [1.54, 1.807) is 11.3 Å². The number of rotatable bonds is 0. The molecule has 0 amide bonds. The van der Waals surface area contributed by atoms with Crippen LogP contribution < -0.4 is 0 Å². The van der Waals surface area contributed by atoms with Crippen molar-refractivity contribution in [1.82, 2.24) is 0 Å². The van der Waals surface area contributed by atoms with Crippen LogP contribution in [0.2, 0.25) is 0 Å². The molecule has 1 N–H and O–H groups in total. The lowest BCUT2D eigenvalue weighted by atomic mass is 10.2. The molecule has 0 atom stereocenters. The molecule has 2 aromatic rings. The normalized spacial score (nSPS) is 10.8. The third kappa shape index (κ3) is 1.25. The lowest BCUT2D eigenvalue weighted by Gasteiger charge is -1.98. The first-order valence-corrected chi connectivity index (χ1v) is 5.99. The fraction of sp³-hybridized carbons (Fsp3) is 0. The Hall–Kier alpha value is 0.190. The van der Waals surface area contributed by atoms with Gasteiger partial charge in [-0.25, -0.2) is 0 Å². The summed E-state index contributed by atoms with van der Waals surface area (Å²) < 4.78 is 2.98. The van der Waals surface area contributed by atoms with Gasteiger partial charge in [0.2, 0.25) is 0 Å². The molecule has 0 bridgehead atoms. The van der Waals surface area contributed by atoms with Crippen LogP contribution in [0, 0.1) is 3.57 Å². The quantitative estimate of drug-likeness (QED) is 0.709. The fourth-order valence-electron chi connectivity index (χ4n) is 1.05. The van der Waals surface area contributed by atoms with Gasteiger partial charge in [0.05, 0.1) is 4.47 Å². The van der Waals surface area contributed by atoms with Crippen molar-refractivity contribution in [2.24, 2.45) is 0 Å². The minimum absolute atomic E-state index is 0.346. The molecule has 0 aliphatic carbocycles. The van der Waals surface area contributed by atoms with Crippen LogP contribution in [0.5, 0.6) is 5.75 Å². The van der Waals surface area contributed by atoms with Crippen LogP contribution in [0.25, 0.3) is 10.1 Å². The number of benzene rings is 1. The fourth-order valence-corrected chi connectivity index (χ4v) is 3.31. The van der Waals surface area contributed by atoms with E-state index in [0.717, 1.165) is 18.1 Å². The van der Waals surface area contributed by atoms with Crippen molar-refractivity contribution in [2.75, 3.05) is 0 Å². The number of fused-ring (bicyclic) bond motifs is 1. The van der Waals surface area contributed by atoms with Gasteiger partial charge in [0, 0.05) is 19.0 Å². The van der Waals surface area contributed by atoms with Crippen LogP contribution in [-0.2, 0) is 0 Å². The van der Waals surface area contributed by atoms with Gasteiger partial charge in [0.25, 0.3) is 0 Å². The van der Waals surface area contributed by atoms with Crippen LogP contribution in [0.4, 0.5) is 0 Å². The molecule has 1 aromatic heterocycles. The Morgan fingerprint density at radius 3 is 2.92 bits per heavy atom. The number of halogens is 2. The second-order valence-electron chi connectivity index (χ2n) is 2.35. The first kappa shape index (κ1) is 8.77. The molecule has 0 aliphatic rings. The van der Waals surface area contributed by atoms with Crippen molar-refractivity contribution in [3.8, 4) is 5.75 Å². The summed E-state index contributed by atoms with van der Waals surface area (Å²) in [4.78, 5) is 0. The maximum atomic E-state index is 9.68. The molecular weight excluding hydrogens is 351 g/mol. The smallest absolute Gasteiger partial charge is 0.139 e. The molecule has 0 saturated heterocycles. The second-order valence-corrected chi connectivity index (χ2v) is 5.28. The summed E-state index contributed by atoms with van der Waals surface area (Å²) >= 11 is 7.16. The number of hydrogen-bond donors (Lipinski definition) is 1. The summed E-state index contributed by atoms with van der Waals surface area (Å²) in [5, 5.41) is 12.7. The first-order chi connectivity index (χ1) is 5.70. The van der Waals surface area contributed by atoms with E-state index in [2.05, 4.69) is 38.5 Å². The van der Waals surface area contributed by atoms with E-state index < -0.39 is 0 Å². The van der Waals surface area contributed by atoms with Crippen molar-refractivity contribution in [3.63, 3.8) is 0 Å². The molecule has 0 unspecified atom stereocenters. The largest absolute Gasteiger partial charge is 0.506 e. The predicted octanol–water partition coefficient (Wildman–Crippen LogP) is 3.97. The van der Waals surface area contributed by atoms with Gasteiger partial charge in [-0.1, -0.05) is 0 Å². The Morgan fingerprint density at radius 2 is 2.17 bits per heavy atom. The van der Waals surface area contributed by atoms with E-state index in [9.17, 15) is 5.11 Å². The van der Waals surface area contributed by atoms with Gasteiger partial charge in [0.15, 0.2) is 0 Å². The Bertz CT molecular complexity index is 438. The summed E-state index contributed by atoms with van der Waals surface area (Å²) in [7, 11) is 0. The van der Waals surface area contributed by atoms with Crippen LogP contribution in [-0.4, -0.2) is 5.11 Å². The molecule has 0 fully saturated rings. The third-order valence-electron chi connectivity index (χ3n) is 1.62. The summed E-state index contributed by atoms with van der Waals surface area (Å²) in [6, 6.07) is 3.87. The molecule has 0 saturated carbocycles. The topological polar surface area (TPSA) is 20.2 Å². The average Bonchev–Trinajstić information content (AvgIpc) is 2.41. The van der Waals surface area contributed by atoms with E-state index in [1.165, 1.54) is 0 Å². The van der Waals surface area contributed by atoms with Crippen molar-refractivity contribution < 1.29 is 5.11 Å². The van der Waals surface area contributed by atoms with E-state index in [1.807, 2.05) is 17.5 Å². The molecule has 1 aromatic carbocycles. The predicted molar refractivity (Wildman–Crippen MR) is 63.9 cm³/mol. The second kappa shape index (κ2) is 3.16. The zero-order valence-electron chi connectivity index (χ0n) is 5.84. The lowest BCUT2D eigenvalue weighted by Crippen LogP contribution is -1.71. The first-order valence-electron chi connectivity index (χ1n) is 3.24. The molecule has 1 nitrogen and oxygen atoms in total. The molecular formula is C8H4BrIOS. The Balaban J connectivity index is 2.96. The standard InChI is InChI=1S/C8H4BrIOS/c9-4-1-2-6-7(8(4)11)5(10)3-12-6/h1-3,11H. The summed E-state index contributed by atoms with van der Waals surface area (Å²) in [5.74, 6) is 0.346. The molecule has 62 valence electrons. The minimum Gasteiger partial charge on any atom is -0.506 e. The van der Waals surface area contributed by atoms with Crippen molar-refractivity contribution in [2.45, 2.75) is 0 Å². The van der Waals surface area contributed by atoms with Gasteiger partial charge in [-0.2, -0.15) is 0 Å². The maximum Gasteiger partial charge on any atom is 0.139 e. The van der Waals surface area contributed by atoms with E-state index in [0.29, 0.717) is 5.75 Å². The van der Waals surface area contributed by atoms with Crippen LogP contribution >= 0.6 is 49.9 Å². The molecule has 0 aliphatic heterocycles. The van der Waals surface area contributed by atoms with Crippen LogP contribution in [0.15, 0.2) is 22.0 Å². The Morgan fingerprint density at radius 1 is 1.42 bits per heavy atom. The number of aromatic hydroxyl groups is 1. The van der Waals surface area contributed by atoms with Gasteiger partial charge in [-0.05, 0) is 50.7 Å². The summed E-state index contributed by atoms with van der Waals surface area (Å²) in [5.41, 5.74) is 0. The minimum atomic E-state index is 0.346. The van der Waals surface area contributed by atoms with Gasteiger partial charge in [-0.3, -0.25) is 0 Å². The highest BCUT2D eigenvalue weighted by molar-refractivity contribution is 14.1. The number of thiophene rings is 1. The monoisotopic (exact) mass is 354 g/mol. The number of phenols is 1. The van der Waals surface area contributed by atoms with Gasteiger partial charge in [0.1, 0.15) is 5.75 Å². The summed E-state index contributed by atoms with van der Waals surface area (Å²) in [6.07, 6.45) is 0. The SMILES string of the molecule is Oc1c(Br)ccc2scc(I)c12. The highest BCUT2D eigenvalue weighted by Crippen LogP contribution is 2.38. The van der Waals surface area contributed by atoms with Gasteiger partial charge >= 0.3 is 0 Å². The highest BCUT2D eigenvalue weighted by atomic mass is 127.